The molecule has 0 atom stereocenters. The molecule has 1 aliphatic rings. The van der Waals surface area contributed by atoms with Crippen LogP contribution in [0.1, 0.15) is 11.1 Å². The van der Waals surface area contributed by atoms with E-state index in [4.69, 9.17) is 4.74 Å². The molecule has 0 bridgehead atoms. The van der Waals surface area contributed by atoms with Gasteiger partial charge in [0.15, 0.2) is 0 Å². The van der Waals surface area contributed by atoms with E-state index in [0.29, 0.717) is 5.75 Å². The van der Waals surface area contributed by atoms with Gasteiger partial charge >= 0.3 is 0 Å². The first-order chi connectivity index (χ1) is 13.4. The van der Waals surface area contributed by atoms with Gasteiger partial charge in [0, 0.05) is 5.69 Å². The number of rotatable bonds is 5. The van der Waals surface area contributed by atoms with E-state index in [9.17, 15) is 18.8 Å². The van der Waals surface area contributed by atoms with Gasteiger partial charge in [0.2, 0.25) is 5.91 Å². The predicted molar refractivity (Wildman–Crippen MR) is 105 cm³/mol. The van der Waals surface area contributed by atoms with Gasteiger partial charge in [-0.1, -0.05) is 12.1 Å². The molecule has 1 saturated heterocycles. The maximum Gasteiger partial charge on any atom is 0.294 e. The molecule has 6 nitrogen and oxygen atoms in total. The van der Waals surface area contributed by atoms with Crippen LogP contribution in [0.2, 0.25) is 0 Å². The molecule has 1 heterocycles. The number of imide groups is 1. The highest BCUT2D eigenvalue weighted by atomic mass is 32.2. The lowest BCUT2D eigenvalue weighted by molar-refractivity contribution is -0.127. The highest BCUT2D eigenvalue weighted by Gasteiger charge is 2.36. The molecular weight excluding hydrogens is 383 g/mol. The Balaban J connectivity index is 1.72. The molecule has 0 unspecified atom stereocenters. The number of thioether (sulfide) groups is 1. The molecule has 28 heavy (non-hydrogen) atoms. The van der Waals surface area contributed by atoms with E-state index >= 15 is 0 Å². The molecule has 3 rings (SSSR count). The van der Waals surface area contributed by atoms with E-state index in [0.717, 1.165) is 33.9 Å². The van der Waals surface area contributed by atoms with Crippen molar-refractivity contribution >= 4 is 40.6 Å². The normalized spacial score (nSPS) is 15.2. The number of benzene rings is 2. The first-order valence-electron chi connectivity index (χ1n) is 8.33. The van der Waals surface area contributed by atoms with E-state index in [2.05, 4.69) is 5.32 Å². The van der Waals surface area contributed by atoms with Crippen molar-refractivity contribution in [3.05, 3.63) is 64.3 Å². The van der Waals surface area contributed by atoms with Crippen LogP contribution in [-0.4, -0.2) is 35.6 Å². The number of methoxy groups -OCH3 is 1. The van der Waals surface area contributed by atoms with Crippen LogP contribution in [0.4, 0.5) is 14.9 Å². The van der Waals surface area contributed by atoms with Crippen molar-refractivity contribution in [2.75, 3.05) is 19.0 Å². The van der Waals surface area contributed by atoms with Crippen molar-refractivity contribution in [1.29, 1.82) is 0 Å². The molecule has 3 amide bonds. The number of halogens is 1. The Hall–Kier alpha value is -3.13. The molecule has 144 valence electrons. The van der Waals surface area contributed by atoms with Gasteiger partial charge in [-0.3, -0.25) is 19.3 Å². The van der Waals surface area contributed by atoms with Crippen LogP contribution in [0.3, 0.4) is 0 Å². The Bertz CT molecular complexity index is 990. The number of amides is 3. The van der Waals surface area contributed by atoms with Crippen molar-refractivity contribution < 1.29 is 23.5 Å². The molecule has 1 fully saturated rings. The molecule has 2 aromatic rings. The van der Waals surface area contributed by atoms with Gasteiger partial charge in [-0.05, 0) is 66.2 Å². The van der Waals surface area contributed by atoms with Crippen LogP contribution in [0, 0.1) is 12.7 Å². The molecule has 0 radical (unpaired) electrons. The summed E-state index contributed by atoms with van der Waals surface area (Å²) in [5, 5.41) is 1.94. The molecule has 1 N–H and O–H groups in total. The number of carbonyl (C=O) groups excluding carboxylic acids is 3. The van der Waals surface area contributed by atoms with Gasteiger partial charge in [-0.25, -0.2) is 4.39 Å². The third-order valence-corrected chi connectivity index (χ3v) is 4.95. The van der Waals surface area contributed by atoms with E-state index in [1.165, 1.54) is 18.2 Å². The van der Waals surface area contributed by atoms with Crippen molar-refractivity contribution in [3.63, 3.8) is 0 Å². The lowest BCUT2D eigenvalue weighted by Crippen LogP contribution is -2.36. The number of hydrogen-bond donors (Lipinski definition) is 1. The lowest BCUT2D eigenvalue weighted by atomic mass is 10.1. The summed E-state index contributed by atoms with van der Waals surface area (Å²) in [7, 11) is 1.56. The summed E-state index contributed by atoms with van der Waals surface area (Å²) in [5.41, 5.74) is 1.91. The molecular formula is C20H17FN2O4S. The average molecular weight is 400 g/mol. The molecule has 8 heteroatoms. The SMILES string of the molecule is COc1ccc(/C=C2/SC(=O)N(CC(=O)Nc3cccc(F)c3)C2=O)c(C)c1. The monoisotopic (exact) mass is 400 g/mol. The number of nitrogens with one attached hydrogen (secondary N) is 1. The van der Waals surface area contributed by atoms with Crippen molar-refractivity contribution in [2.24, 2.45) is 0 Å². The van der Waals surface area contributed by atoms with Crippen LogP contribution in [0.15, 0.2) is 47.4 Å². The first-order valence-corrected chi connectivity index (χ1v) is 9.14. The highest BCUT2D eigenvalue weighted by molar-refractivity contribution is 8.18. The first kappa shape index (κ1) is 19.6. The Morgan fingerprint density at radius 1 is 1.25 bits per heavy atom. The predicted octanol–water partition coefficient (Wildman–Crippen LogP) is 3.82. The van der Waals surface area contributed by atoms with Gasteiger partial charge < -0.3 is 10.1 Å². The highest BCUT2D eigenvalue weighted by Crippen LogP contribution is 2.33. The maximum absolute atomic E-state index is 13.2. The second-order valence-corrected chi connectivity index (χ2v) is 7.04. The van der Waals surface area contributed by atoms with Gasteiger partial charge in [-0.15, -0.1) is 0 Å². The van der Waals surface area contributed by atoms with E-state index in [1.54, 1.807) is 25.3 Å². The van der Waals surface area contributed by atoms with E-state index in [1.807, 2.05) is 13.0 Å². The number of aryl methyl sites for hydroxylation is 1. The maximum atomic E-state index is 13.2. The molecule has 1 aliphatic heterocycles. The second kappa shape index (κ2) is 8.26. The zero-order valence-electron chi connectivity index (χ0n) is 15.2. The summed E-state index contributed by atoms with van der Waals surface area (Å²) in [6.07, 6.45) is 1.62. The molecule has 0 aromatic heterocycles. The van der Waals surface area contributed by atoms with Crippen molar-refractivity contribution in [2.45, 2.75) is 6.92 Å². The smallest absolute Gasteiger partial charge is 0.294 e. The second-order valence-electron chi connectivity index (χ2n) is 6.05. The molecule has 0 spiro atoms. The Morgan fingerprint density at radius 2 is 2.04 bits per heavy atom. The summed E-state index contributed by atoms with van der Waals surface area (Å²) >= 11 is 0.773. The molecule has 0 aliphatic carbocycles. The zero-order valence-corrected chi connectivity index (χ0v) is 16.0. The van der Waals surface area contributed by atoms with Crippen LogP contribution >= 0.6 is 11.8 Å². The third kappa shape index (κ3) is 4.40. The van der Waals surface area contributed by atoms with Crippen molar-refractivity contribution in [3.8, 4) is 5.75 Å². The third-order valence-electron chi connectivity index (χ3n) is 4.05. The minimum Gasteiger partial charge on any atom is -0.497 e. The minimum atomic E-state index is -0.588. The van der Waals surface area contributed by atoms with Gasteiger partial charge in [-0.2, -0.15) is 0 Å². The van der Waals surface area contributed by atoms with Crippen molar-refractivity contribution in [1.82, 2.24) is 4.90 Å². The van der Waals surface area contributed by atoms with Gasteiger partial charge in [0.25, 0.3) is 11.1 Å². The topological polar surface area (TPSA) is 75.7 Å². The number of ether oxygens (including phenoxy) is 1. The summed E-state index contributed by atoms with van der Waals surface area (Å²) in [5.74, 6) is -0.937. The summed E-state index contributed by atoms with van der Waals surface area (Å²) < 4.78 is 18.3. The van der Waals surface area contributed by atoms with Crippen LogP contribution in [0.25, 0.3) is 6.08 Å². The van der Waals surface area contributed by atoms with Crippen LogP contribution in [-0.2, 0) is 9.59 Å². The average Bonchev–Trinajstić information content (AvgIpc) is 2.90. The largest absolute Gasteiger partial charge is 0.497 e. The number of hydrogen-bond acceptors (Lipinski definition) is 5. The molecule has 2 aromatic carbocycles. The lowest BCUT2D eigenvalue weighted by Gasteiger charge is -2.12. The van der Waals surface area contributed by atoms with E-state index < -0.39 is 29.4 Å². The van der Waals surface area contributed by atoms with Gasteiger partial charge in [0.1, 0.15) is 18.1 Å². The quantitative estimate of drug-likeness (QED) is 0.773. The number of carbonyl (C=O) groups is 3. The number of anilines is 1. The minimum absolute atomic E-state index is 0.233. The molecule has 0 saturated carbocycles. The van der Waals surface area contributed by atoms with E-state index in [-0.39, 0.29) is 10.6 Å². The Labute approximate surface area is 165 Å². The summed E-state index contributed by atoms with van der Waals surface area (Å²) in [4.78, 5) is 38.0. The van der Waals surface area contributed by atoms with Gasteiger partial charge in [0.05, 0.1) is 12.0 Å². The zero-order chi connectivity index (χ0) is 20.3. The fraction of sp³-hybridized carbons (Fsp3) is 0.150. The summed E-state index contributed by atoms with van der Waals surface area (Å²) in [6, 6.07) is 10.7. The number of nitrogens with zero attached hydrogens (tertiary/aromatic N) is 1. The van der Waals surface area contributed by atoms with Crippen LogP contribution in [0.5, 0.6) is 5.75 Å². The standard InChI is InChI=1S/C20H17FN2O4S/c1-12-8-16(27-2)7-6-13(12)9-17-19(25)23(20(26)28-17)11-18(24)22-15-5-3-4-14(21)10-15/h3-10H,11H2,1-2H3,(H,22,24)/b17-9+. The summed E-state index contributed by atoms with van der Waals surface area (Å²) in [6.45, 7) is 1.42. The fourth-order valence-corrected chi connectivity index (χ4v) is 3.45. The Morgan fingerprint density at radius 3 is 2.71 bits per heavy atom. The fourth-order valence-electron chi connectivity index (χ4n) is 2.62. The Kier molecular flexibility index (Phi) is 5.79. The van der Waals surface area contributed by atoms with Crippen LogP contribution < -0.4 is 10.1 Å².